The molecule has 0 radical (unpaired) electrons. The molecule has 2 aliphatic heterocycles. The fourth-order valence-electron chi connectivity index (χ4n) is 3.69. The minimum absolute atomic E-state index is 0.0164. The van der Waals surface area contributed by atoms with Gasteiger partial charge in [-0.2, -0.15) is 0 Å². The van der Waals surface area contributed by atoms with Crippen LogP contribution in [0.15, 0.2) is 52.3 Å². The van der Waals surface area contributed by atoms with Crippen molar-refractivity contribution in [3.8, 4) is 5.75 Å². The van der Waals surface area contributed by atoms with Gasteiger partial charge in [-0.05, 0) is 61.2 Å². The first-order valence-electron chi connectivity index (χ1n) is 10.3. The summed E-state index contributed by atoms with van der Waals surface area (Å²) in [5.41, 5.74) is 0.775. The van der Waals surface area contributed by atoms with Crippen molar-refractivity contribution in [2.75, 3.05) is 30.2 Å². The van der Waals surface area contributed by atoms with E-state index in [2.05, 4.69) is 17.0 Å². The summed E-state index contributed by atoms with van der Waals surface area (Å²) in [6, 6.07) is 11.0. The zero-order valence-corrected chi connectivity index (χ0v) is 19.5. The third kappa shape index (κ3) is 4.71. The number of anilines is 2. The predicted molar refractivity (Wildman–Crippen MR) is 123 cm³/mol. The van der Waals surface area contributed by atoms with Gasteiger partial charge in [0.05, 0.1) is 17.7 Å². The molecule has 170 valence electrons. The summed E-state index contributed by atoms with van der Waals surface area (Å²) in [6.07, 6.45) is 1.87. The molecule has 10 heteroatoms. The van der Waals surface area contributed by atoms with Crippen molar-refractivity contribution in [2.24, 2.45) is 5.92 Å². The van der Waals surface area contributed by atoms with Gasteiger partial charge in [-0.25, -0.2) is 8.42 Å². The van der Waals surface area contributed by atoms with E-state index in [0.29, 0.717) is 41.0 Å². The summed E-state index contributed by atoms with van der Waals surface area (Å²) in [5.74, 6) is 0.579. The molecule has 1 saturated heterocycles. The Balaban J connectivity index is 1.50. The summed E-state index contributed by atoms with van der Waals surface area (Å²) in [6.45, 7) is 3.48. The van der Waals surface area contributed by atoms with E-state index in [1.807, 2.05) is 0 Å². The normalized spacial score (nSPS) is 19.1. The van der Waals surface area contributed by atoms with Gasteiger partial charge in [-0.3, -0.25) is 14.3 Å². The number of thioether (sulfide) groups is 1. The second-order valence-electron chi connectivity index (χ2n) is 7.99. The number of sulfonamides is 1. The smallest absolute Gasteiger partial charge is 0.261 e. The highest BCUT2D eigenvalue weighted by Crippen LogP contribution is 2.38. The van der Waals surface area contributed by atoms with E-state index in [9.17, 15) is 18.0 Å². The van der Waals surface area contributed by atoms with Crippen LogP contribution >= 0.6 is 11.8 Å². The van der Waals surface area contributed by atoms with Gasteiger partial charge in [0, 0.05) is 23.7 Å². The zero-order chi connectivity index (χ0) is 22.9. The van der Waals surface area contributed by atoms with Crippen LogP contribution in [0.3, 0.4) is 0 Å². The quantitative estimate of drug-likeness (QED) is 0.644. The first-order valence-corrected chi connectivity index (χ1v) is 12.7. The molecule has 2 N–H and O–H groups in total. The Morgan fingerprint density at radius 3 is 2.50 bits per heavy atom. The van der Waals surface area contributed by atoms with Crippen LogP contribution in [0.2, 0.25) is 0 Å². The number of piperidine rings is 1. The summed E-state index contributed by atoms with van der Waals surface area (Å²) >= 11 is 1.16. The number of nitrogens with zero attached hydrogens (tertiary/aromatic N) is 1. The Bertz CT molecular complexity index is 1130. The number of hydrogen-bond donors (Lipinski definition) is 2. The minimum Gasteiger partial charge on any atom is -0.497 e. The largest absolute Gasteiger partial charge is 0.497 e. The number of amides is 2. The number of hydrogen-bond acceptors (Lipinski definition) is 6. The van der Waals surface area contributed by atoms with Gasteiger partial charge >= 0.3 is 0 Å². The van der Waals surface area contributed by atoms with Gasteiger partial charge in [-0.1, -0.05) is 6.92 Å². The monoisotopic (exact) mass is 475 g/mol. The highest BCUT2D eigenvalue weighted by atomic mass is 32.2. The number of fused-ring (bicyclic) bond motifs is 1. The molecule has 32 heavy (non-hydrogen) atoms. The molecule has 0 aromatic heterocycles. The molecule has 4 rings (SSSR count). The highest BCUT2D eigenvalue weighted by molar-refractivity contribution is 8.01. The molecular formula is C22H25N3O5S2. The molecule has 0 saturated carbocycles. The van der Waals surface area contributed by atoms with E-state index in [0.717, 1.165) is 24.6 Å². The van der Waals surface area contributed by atoms with Gasteiger partial charge < -0.3 is 15.0 Å². The molecule has 0 aliphatic carbocycles. The van der Waals surface area contributed by atoms with Crippen LogP contribution < -0.4 is 14.8 Å². The highest BCUT2D eigenvalue weighted by Gasteiger charge is 2.37. The van der Waals surface area contributed by atoms with E-state index in [4.69, 9.17) is 4.74 Å². The van der Waals surface area contributed by atoms with Gasteiger partial charge in [0.2, 0.25) is 11.8 Å². The maximum Gasteiger partial charge on any atom is 0.261 e. The van der Waals surface area contributed by atoms with Crippen molar-refractivity contribution in [3.05, 3.63) is 42.5 Å². The molecule has 2 aromatic rings. The molecule has 2 aliphatic rings. The molecule has 8 nitrogen and oxygen atoms in total. The molecule has 0 spiro atoms. The third-order valence-corrected chi connectivity index (χ3v) is 8.30. The van der Waals surface area contributed by atoms with Gasteiger partial charge in [0.15, 0.2) is 5.25 Å². The van der Waals surface area contributed by atoms with Crippen LogP contribution in [0.4, 0.5) is 11.4 Å². The number of nitrogens with one attached hydrogen (secondary N) is 2. The number of likely N-dealkylation sites (tertiary alicyclic amines) is 1. The van der Waals surface area contributed by atoms with E-state index in [1.165, 1.54) is 19.2 Å². The Kier molecular flexibility index (Phi) is 6.34. The Labute approximate surface area is 191 Å². The lowest BCUT2D eigenvalue weighted by atomic mass is 9.99. The summed E-state index contributed by atoms with van der Waals surface area (Å²) in [4.78, 5) is 28.0. The predicted octanol–water partition coefficient (Wildman–Crippen LogP) is 3.17. The Morgan fingerprint density at radius 1 is 1.16 bits per heavy atom. The average Bonchev–Trinajstić information content (AvgIpc) is 2.78. The van der Waals surface area contributed by atoms with Gasteiger partial charge in [0.25, 0.3) is 10.0 Å². The van der Waals surface area contributed by atoms with E-state index < -0.39 is 21.2 Å². The van der Waals surface area contributed by atoms with E-state index >= 15 is 0 Å². The molecule has 1 atom stereocenters. The SMILES string of the molecule is COc1ccc(NS(=O)(=O)c2ccc3c(c2)NC(=O)[C@H](C(=O)N2CCC(C)CC2)S3)cc1. The summed E-state index contributed by atoms with van der Waals surface area (Å²) < 4.78 is 33.2. The number of methoxy groups -OCH3 is 1. The van der Waals surface area contributed by atoms with Crippen LogP contribution in [0.25, 0.3) is 0 Å². The maximum absolute atomic E-state index is 12.9. The zero-order valence-electron chi connectivity index (χ0n) is 17.8. The lowest BCUT2D eigenvalue weighted by Crippen LogP contribution is -2.47. The maximum atomic E-state index is 12.9. The van der Waals surface area contributed by atoms with E-state index in [-0.39, 0.29) is 10.8 Å². The second kappa shape index (κ2) is 9.03. The van der Waals surface area contributed by atoms with Crippen LogP contribution in [0.1, 0.15) is 19.8 Å². The molecule has 0 unspecified atom stereocenters. The molecule has 2 amide bonds. The number of carbonyl (C=O) groups excluding carboxylic acids is 2. The molecule has 2 aromatic carbocycles. The molecule has 0 bridgehead atoms. The van der Waals surface area contributed by atoms with E-state index in [1.54, 1.807) is 35.2 Å². The Hall–Kier alpha value is -2.72. The fourth-order valence-corrected chi connectivity index (χ4v) is 5.82. The van der Waals surface area contributed by atoms with Crippen molar-refractivity contribution < 1.29 is 22.7 Å². The Morgan fingerprint density at radius 2 is 1.84 bits per heavy atom. The number of carbonyl (C=O) groups is 2. The number of rotatable bonds is 5. The fraction of sp³-hybridized carbons (Fsp3) is 0.364. The average molecular weight is 476 g/mol. The number of ether oxygens (including phenoxy) is 1. The van der Waals surface area contributed by atoms with Crippen molar-refractivity contribution in [3.63, 3.8) is 0 Å². The molecule has 2 heterocycles. The lowest BCUT2D eigenvalue weighted by Gasteiger charge is -2.33. The van der Waals surface area contributed by atoms with Crippen molar-refractivity contribution in [2.45, 2.75) is 34.8 Å². The van der Waals surface area contributed by atoms with Crippen LogP contribution in [0.5, 0.6) is 5.75 Å². The summed E-state index contributed by atoms with van der Waals surface area (Å²) in [5, 5.41) is 1.85. The topological polar surface area (TPSA) is 105 Å². The second-order valence-corrected chi connectivity index (χ2v) is 10.8. The van der Waals surface area contributed by atoms with Crippen LogP contribution in [0, 0.1) is 5.92 Å². The summed E-state index contributed by atoms with van der Waals surface area (Å²) in [7, 11) is -2.33. The molecular weight excluding hydrogens is 450 g/mol. The van der Waals surface area contributed by atoms with Crippen molar-refractivity contribution >= 4 is 45.0 Å². The van der Waals surface area contributed by atoms with Gasteiger partial charge in [-0.15, -0.1) is 11.8 Å². The first kappa shape index (κ1) is 22.5. The minimum atomic E-state index is -3.86. The van der Waals surface area contributed by atoms with Crippen LogP contribution in [-0.2, 0) is 19.6 Å². The standard InChI is InChI=1S/C22H25N3O5S2/c1-14-9-11-25(12-10-14)22(27)20-21(26)23-18-13-17(7-8-19(18)31-20)32(28,29)24-15-3-5-16(30-2)6-4-15/h3-8,13-14,20,24H,9-12H2,1-2H3,(H,23,26)/t20-/m1/s1. The first-order chi connectivity index (χ1) is 15.3. The van der Waals surface area contributed by atoms with Crippen LogP contribution in [-0.4, -0.2) is 50.6 Å². The third-order valence-electron chi connectivity index (χ3n) is 5.66. The van der Waals surface area contributed by atoms with Crippen molar-refractivity contribution in [1.29, 1.82) is 0 Å². The van der Waals surface area contributed by atoms with Crippen molar-refractivity contribution in [1.82, 2.24) is 4.90 Å². The lowest BCUT2D eigenvalue weighted by molar-refractivity contribution is -0.135. The number of benzene rings is 2. The van der Waals surface area contributed by atoms with Gasteiger partial charge in [0.1, 0.15) is 5.75 Å². The molecule has 1 fully saturated rings.